The van der Waals surface area contributed by atoms with Gasteiger partial charge >= 0.3 is 0 Å². The van der Waals surface area contributed by atoms with Gasteiger partial charge in [0.15, 0.2) is 0 Å². The Bertz CT molecular complexity index is 1240. The number of hydrogen-bond acceptors (Lipinski definition) is 6. The number of tetrazole rings is 1. The Kier molecular flexibility index (Phi) is 5.69. The fourth-order valence-corrected chi connectivity index (χ4v) is 6.47. The lowest BCUT2D eigenvalue weighted by molar-refractivity contribution is -0.134. The number of fused-ring (bicyclic) bond motifs is 2. The maximum atomic E-state index is 14.0. The van der Waals surface area contributed by atoms with Crippen molar-refractivity contribution >= 4 is 5.91 Å². The number of carbonyl (C=O) groups excluding carboxylic acids is 1. The van der Waals surface area contributed by atoms with Crippen LogP contribution >= 0.6 is 0 Å². The van der Waals surface area contributed by atoms with Gasteiger partial charge in [-0.2, -0.15) is 5.26 Å². The van der Waals surface area contributed by atoms with Crippen molar-refractivity contribution in [1.82, 2.24) is 30.0 Å². The third-order valence-electron chi connectivity index (χ3n) is 8.32. The Morgan fingerprint density at radius 3 is 2.80 bits per heavy atom. The van der Waals surface area contributed by atoms with Gasteiger partial charge in [0.1, 0.15) is 18.2 Å². The molecular weight excluding hydrogens is 445 g/mol. The SMILES string of the molecule is N#CC1=C2CCC(CN3CCN(C(=O)C4CCc5cc(-n6cnnn6)ccc54)CC3)C2CC=C1F. The molecule has 180 valence electrons. The molecule has 8 nitrogen and oxygen atoms in total. The standard InChI is InChI=1S/C26H28FN7O/c27-25-8-7-21-18(2-4-22(21)24(25)14-28)15-32-9-11-33(12-10-32)26(35)23-5-1-17-13-19(3-6-20(17)23)34-16-29-30-31-34/h3,6,8,13,16,18,21,23H,1-2,4-5,7,9-12,15H2. The van der Waals surface area contributed by atoms with E-state index in [9.17, 15) is 14.4 Å². The van der Waals surface area contributed by atoms with E-state index >= 15 is 0 Å². The molecule has 3 aliphatic carbocycles. The summed E-state index contributed by atoms with van der Waals surface area (Å²) in [5, 5.41) is 20.7. The molecule has 1 saturated heterocycles. The lowest BCUT2D eigenvalue weighted by Crippen LogP contribution is -2.51. The molecule has 0 radical (unpaired) electrons. The Morgan fingerprint density at radius 1 is 1.17 bits per heavy atom. The molecule has 9 heteroatoms. The van der Waals surface area contributed by atoms with Crippen molar-refractivity contribution in [1.29, 1.82) is 5.26 Å². The minimum atomic E-state index is -0.341. The van der Waals surface area contributed by atoms with Crippen LogP contribution in [0.5, 0.6) is 0 Å². The van der Waals surface area contributed by atoms with Crippen molar-refractivity contribution in [3.8, 4) is 11.8 Å². The van der Waals surface area contributed by atoms with Gasteiger partial charge in [-0.15, -0.1) is 5.10 Å². The van der Waals surface area contributed by atoms with Crippen molar-refractivity contribution < 1.29 is 9.18 Å². The van der Waals surface area contributed by atoms with Crippen LogP contribution in [-0.4, -0.2) is 68.6 Å². The topological polar surface area (TPSA) is 90.9 Å². The molecule has 1 amide bonds. The molecule has 1 saturated carbocycles. The number of hydrogen-bond donors (Lipinski definition) is 0. The van der Waals surface area contributed by atoms with E-state index in [1.807, 2.05) is 11.0 Å². The van der Waals surface area contributed by atoms with E-state index in [0.29, 0.717) is 12.3 Å². The molecule has 1 aliphatic heterocycles. The Labute approximate surface area is 203 Å². The molecule has 0 spiro atoms. The number of nitrogens with zero attached hydrogens (tertiary/aromatic N) is 7. The number of rotatable bonds is 4. The summed E-state index contributed by atoms with van der Waals surface area (Å²) in [5.41, 5.74) is 4.55. The average Bonchev–Trinajstić information content (AvgIpc) is 3.64. The second-order valence-electron chi connectivity index (χ2n) is 10.1. The molecule has 35 heavy (non-hydrogen) atoms. The monoisotopic (exact) mass is 473 g/mol. The first kappa shape index (κ1) is 22.1. The summed E-state index contributed by atoms with van der Waals surface area (Å²) < 4.78 is 15.7. The van der Waals surface area contributed by atoms with E-state index in [1.165, 1.54) is 5.56 Å². The minimum Gasteiger partial charge on any atom is -0.340 e. The molecule has 1 aromatic heterocycles. The molecule has 3 atom stereocenters. The highest BCUT2D eigenvalue weighted by atomic mass is 19.1. The van der Waals surface area contributed by atoms with Crippen LogP contribution in [-0.2, 0) is 11.2 Å². The summed E-state index contributed by atoms with van der Waals surface area (Å²) in [4.78, 5) is 17.9. The molecule has 3 unspecified atom stereocenters. The van der Waals surface area contributed by atoms with Gasteiger partial charge in [-0.1, -0.05) is 6.07 Å². The smallest absolute Gasteiger partial charge is 0.230 e. The number of halogens is 1. The fraction of sp³-hybridized carbons (Fsp3) is 0.500. The third kappa shape index (κ3) is 3.96. The van der Waals surface area contributed by atoms with Gasteiger partial charge in [-0.3, -0.25) is 9.69 Å². The number of nitriles is 1. The lowest BCUT2D eigenvalue weighted by Gasteiger charge is -2.38. The maximum absolute atomic E-state index is 14.0. The molecule has 6 rings (SSSR count). The first-order chi connectivity index (χ1) is 17.1. The third-order valence-corrected chi connectivity index (χ3v) is 8.32. The zero-order chi connectivity index (χ0) is 23.9. The fourth-order valence-electron chi connectivity index (χ4n) is 6.47. The van der Waals surface area contributed by atoms with Crippen LogP contribution in [0.4, 0.5) is 4.39 Å². The number of allylic oxidation sites excluding steroid dienone is 4. The molecule has 2 heterocycles. The first-order valence-electron chi connectivity index (χ1n) is 12.5. The second-order valence-corrected chi connectivity index (χ2v) is 10.1. The average molecular weight is 474 g/mol. The van der Waals surface area contributed by atoms with Gasteiger partial charge < -0.3 is 4.90 Å². The van der Waals surface area contributed by atoms with E-state index in [-0.39, 0.29) is 29.1 Å². The first-order valence-corrected chi connectivity index (χ1v) is 12.5. The van der Waals surface area contributed by atoms with Crippen molar-refractivity contribution in [2.24, 2.45) is 11.8 Å². The largest absolute Gasteiger partial charge is 0.340 e. The Hall–Kier alpha value is -3.38. The summed E-state index contributed by atoms with van der Waals surface area (Å²) >= 11 is 0. The van der Waals surface area contributed by atoms with Crippen molar-refractivity contribution in [3.05, 3.63) is 58.7 Å². The highest BCUT2D eigenvalue weighted by Gasteiger charge is 2.38. The van der Waals surface area contributed by atoms with Crippen LogP contribution in [0.3, 0.4) is 0 Å². The van der Waals surface area contributed by atoms with Crippen LogP contribution in [0.2, 0.25) is 0 Å². The number of amides is 1. The maximum Gasteiger partial charge on any atom is 0.230 e. The molecule has 2 fully saturated rings. The quantitative estimate of drug-likeness (QED) is 0.678. The number of piperazine rings is 1. The minimum absolute atomic E-state index is 0.0738. The van der Waals surface area contributed by atoms with Gasteiger partial charge in [0.05, 0.1) is 17.2 Å². The van der Waals surface area contributed by atoms with Crippen LogP contribution in [0, 0.1) is 23.2 Å². The molecule has 2 aromatic rings. The van der Waals surface area contributed by atoms with E-state index in [1.54, 1.807) is 17.1 Å². The summed E-state index contributed by atoms with van der Waals surface area (Å²) in [6.45, 7) is 4.16. The molecule has 0 bridgehead atoms. The van der Waals surface area contributed by atoms with Gasteiger partial charge in [-0.25, -0.2) is 9.07 Å². The van der Waals surface area contributed by atoms with Crippen molar-refractivity contribution in [2.75, 3.05) is 32.7 Å². The summed E-state index contributed by atoms with van der Waals surface area (Å²) in [5.74, 6) is 0.561. The summed E-state index contributed by atoms with van der Waals surface area (Å²) in [6.07, 6.45) is 7.44. The van der Waals surface area contributed by atoms with Crippen LogP contribution < -0.4 is 0 Å². The number of aryl methyl sites for hydroxylation is 1. The van der Waals surface area contributed by atoms with E-state index in [4.69, 9.17) is 0 Å². The summed E-state index contributed by atoms with van der Waals surface area (Å²) in [7, 11) is 0. The number of aromatic nitrogens is 4. The zero-order valence-electron chi connectivity index (χ0n) is 19.6. The van der Waals surface area contributed by atoms with Gasteiger partial charge in [0.25, 0.3) is 0 Å². The van der Waals surface area contributed by atoms with Crippen molar-refractivity contribution in [2.45, 2.75) is 38.0 Å². The van der Waals surface area contributed by atoms with Gasteiger partial charge in [-0.05, 0) is 89.3 Å². The van der Waals surface area contributed by atoms with Crippen LogP contribution in [0.1, 0.15) is 42.7 Å². The van der Waals surface area contributed by atoms with E-state index in [2.05, 4.69) is 38.6 Å². The predicted molar refractivity (Wildman–Crippen MR) is 126 cm³/mol. The second kappa shape index (κ2) is 9.00. The number of benzene rings is 1. The van der Waals surface area contributed by atoms with E-state index < -0.39 is 0 Å². The molecule has 1 aromatic carbocycles. The van der Waals surface area contributed by atoms with E-state index in [0.717, 1.165) is 75.2 Å². The highest BCUT2D eigenvalue weighted by molar-refractivity contribution is 5.85. The van der Waals surface area contributed by atoms with Gasteiger partial charge in [0.2, 0.25) is 5.91 Å². The normalized spacial score (nSPS) is 26.3. The highest BCUT2D eigenvalue weighted by Crippen LogP contribution is 2.45. The van der Waals surface area contributed by atoms with Crippen LogP contribution in [0.25, 0.3) is 5.69 Å². The Balaban J connectivity index is 1.06. The predicted octanol–water partition coefficient (Wildman–Crippen LogP) is 2.94. The molecule has 4 aliphatic rings. The lowest BCUT2D eigenvalue weighted by atomic mass is 9.84. The van der Waals surface area contributed by atoms with Crippen molar-refractivity contribution in [3.63, 3.8) is 0 Å². The number of carbonyl (C=O) groups is 1. The molecule has 0 N–H and O–H groups in total. The Morgan fingerprint density at radius 2 is 2.03 bits per heavy atom. The van der Waals surface area contributed by atoms with Gasteiger partial charge in [0, 0.05) is 32.7 Å². The van der Waals surface area contributed by atoms with Crippen LogP contribution in [0.15, 0.2) is 47.6 Å². The zero-order valence-corrected chi connectivity index (χ0v) is 19.6. The summed E-state index contributed by atoms with van der Waals surface area (Å²) in [6, 6.07) is 8.20. The molecular formula is C26H28FN7O.